The summed E-state index contributed by atoms with van der Waals surface area (Å²) in [5.41, 5.74) is 0. The predicted octanol–water partition coefficient (Wildman–Crippen LogP) is 1.67. The molecule has 0 aliphatic carbocycles. The summed E-state index contributed by atoms with van der Waals surface area (Å²) in [6.07, 6.45) is 0. The maximum absolute atomic E-state index is 10.7. The molecule has 1 aromatic rings. The summed E-state index contributed by atoms with van der Waals surface area (Å²) in [5, 5.41) is -0.0772. The molecule has 11 heavy (non-hydrogen) atoms. The van der Waals surface area contributed by atoms with Gasteiger partial charge in [-0.15, -0.1) is 0 Å². The fourth-order valence-electron chi connectivity index (χ4n) is 0.570. The Labute approximate surface area is 73.4 Å². The van der Waals surface area contributed by atoms with E-state index < -0.39 is 9.05 Å². The van der Waals surface area contributed by atoms with Crippen LogP contribution in [0.15, 0.2) is 23.2 Å². The molecule has 0 spiro atoms. The van der Waals surface area contributed by atoms with Crippen LogP contribution < -0.4 is 0 Å². The molecule has 0 aromatic carbocycles. The van der Waals surface area contributed by atoms with E-state index in [-0.39, 0.29) is 5.03 Å². The molecule has 0 aliphatic heterocycles. The summed E-state index contributed by atoms with van der Waals surface area (Å²) in [6, 6.07) is 4.44. The van der Waals surface area contributed by atoms with Crippen LogP contribution in [0.2, 0.25) is 0 Å². The number of aromatic amines is 1. The molecule has 0 saturated heterocycles. The van der Waals surface area contributed by atoms with E-state index in [4.69, 9.17) is 10.7 Å². The third kappa shape index (κ3) is 2.28. The Morgan fingerprint density at radius 1 is 1.45 bits per heavy atom. The average molecular weight is 210 g/mol. The molecule has 0 unspecified atom stereocenters. The fourth-order valence-corrected chi connectivity index (χ4v) is 1.57. The van der Waals surface area contributed by atoms with E-state index in [0.717, 1.165) is 0 Å². The monoisotopic (exact) mass is 209 g/mol. The van der Waals surface area contributed by atoms with Gasteiger partial charge in [-0.05, 0) is 12.1 Å². The van der Waals surface area contributed by atoms with Gasteiger partial charge >= 0.3 is 0 Å². The van der Waals surface area contributed by atoms with Crippen LogP contribution in [0.25, 0.3) is 0 Å². The first-order valence-corrected chi connectivity index (χ1v) is 5.36. The molecule has 0 bridgehead atoms. The van der Waals surface area contributed by atoms with Crippen LogP contribution >= 0.6 is 22.9 Å². The predicted molar refractivity (Wildman–Crippen MR) is 44.7 cm³/mol. The van der Waals surface area contributed by atoms with E-state index in [1.54, 1.807) is 6.07 Å². The molecule has 0 atom stereocenters. The van der Waals surface area contributed by atoms with Crippen LogP contribution in [0.3, 0.4) is 0 Å². The summed E-state index contributed by atoms with van der Waals surface area (Å²) >= 11 is 4.69. The van der Waals surface area contributed by atoms with Crippen LogP contribution in [0.5, 0.6) is 0 Å². The van der Waals surface area contributed by atoms with E-state index in [0.29, 0.717) is 4.64 Å². The molecule has 6 heteroatoms. The Balaban J connectivity index is 3.40. The van der Waals surface area contributed by atoms with E-state index in [9.17, 15) is 8.42 Å². The lowest BCUT2D eigenvalue weighted by atomic mass is 10.5. The molecule has 60 valence electrons. The van der Waals surface area contributed by atoms with Gasteiger partial charge in [-0.25, -0.2) is 8.42 Å². The first-order valence-electron chi connectivity index (χ1n) is 2.64. The molecule has 1 rings (SSSR count). The summed E-state index contributed by atoms with van der Waals surface area (Å²) < 4.78 is 21.7. The standard InChI is InChI=1S/C5H4ClNO2S2/c6-11(8,9)5-3-1-2-4(10)7-5/h1-3H,(H,7,10). The van der Waals surface area contributed by atoms with E-state index >= 15 is 0 Å². The van der Waals surface area contributed by atoms with Crippen molar-refractivity contribution in [2.45, 2.75) is 5.03 Å². The number of rotatable bonds is 1. The summed E-state index contributed by atoms with van der Waals surface area (Å²) in [5.74, 6) is 0. The molecule has 3 nitrogen and oxygen atoms in total. The molecule has 0 aliphatic rings. The zero-order chi connectivity index (χ0) is 8.48. The number of nitrogens with one attached hydrogen (secondary N) is 1. The zero-order valence-electron chi connectivity index (χ0n) is 5.24. The smallest absolute Gasteiger partial charge is 0.276 e. The van der Waals surface area contributed by atoms with Crippen LogP contribution in [0.4, 0.5) is 0 Å². The molecule has 1 heterocycles. The first-order chi connectivity index (χ1) is 5.00. The van der Waals surface area contributed by atoms with Crippen molar-refractivity contribution in [1.82, 2.24) is 4.98 Å². The van der Waals surface area contributed by atoms with E-state index in [1.165, 1.54) is 12.1 Å². The Morgan fingerprint density at radius 2 is 2.09 bits per heavy atom. The molecular weight excluding hydrogens is 206 g/mol. The lowest BCUT2D eigenvalue weighted by Crippen LogP contribution is -1.93. The lowest BCUT2D eigenvalue weighted by Gasteiger charge is -1.93. The Bertz CT molecular complexity index is 408. The maximum Gasteiger partial charge on any atom is 0.276 e. The van der Waals surface area contributed by atoms with Crippen LogP contribution in [0.1, 0.15) is 0 Å². The van der Waals surface area contributed by atoms with Crippen molar-refractivity contribution in [2.24, 2.45) is 0 Å². The number of aromatic nitrogens is 1. The van der Waals surface area contributed by atoms with Crippen molar-refractivity contribution in [3.05, 3.63) is 22.8 Å². The van der Waals surface area contributed by atoms with E-state index in [2.05, 4.69) is 17.2 Å². The third-order valence-electron chi connectivity index (χ3n) is 1.00. The normalized spacial score (nSPS) is 11.4. The highest BCUT2D eigenvalue weighted by molar-refractivity contribution is 8.13. The minimum absolute atomic E-state index is 0.0772. The highest BCUT2D eigenvalue weighted by atomic mass is 35.7. The van der Waals surface area contributed by atoms with Crippen LogP contribution in [-0.2, 0) is 9.05 Å². The SMILES string of the molecule is O=S(=O)(Cl)c1cccc(=S)[nH]1. The number of pyridine rings is 1. The van der Waals surface area contributed by atoms with Gasteiger partial charge in [-0.1, -0.05) is 18.3 Å². The highest BCUT2D eigenvalue weighted by Gasteiger charge is 2.08. The summed E-state index contributed by atoms with van der Waals surface area (Å²) in [4.78, 5) is 2.44. The van der Waals surface area contributed by atoms with Gasteiger partial charge in [0.05, 0.1) is 0 Å². The minimum atomic E-state index is -3.68. The zero-order valence-corrected chi connectivity index (χ0v) is 7.63. The van der Waals surface area contributed by atoms with Crippen molar-refractivity contribution < 1.29 is 8.42 Å². The minimum Gasteiger partial charge on any atom is -0.336 e. The third-order valence-corrected chi connectivity index (χ3v) is 2.50. The summed E-state index contributed by atoms with van der Waals surface area (Å²) in [7, 11) is 1.35. The Hall–Kier alpha value is -0.390. The largest absolute Gasteiger partial charge is 0.336 e. The second kappa shape index (κ2) is 2.92. The molecule has 1 N–H and O–H groups in total. The second-order valence-corrected chi connectivity index (χ2v) is 4.79. The van der Waals surface area contributed by atoms with Crippen molar-refractivity contribution in [3.63, 3.8) is 0 Å². The van der Waals surface area contributed by atoms with Crippen molar-refractivity contribution in [3.8, 4) is 0 Å². The van der Waals surface area contributed by atoms with Crippen molar-refractivity contribution in [2.75, 3.05) is 0 Å². The molecule has 0 radical (unpaired) electrons. The van der Waals surface area contributed by atoms with Gasteiger partial charge in [0.15, 0.2) is 0 Å². The number of halogens is 1. The molecule has 0 saturated carbocycles. The van der Waals surface area contributed by atoms with Gasteiger partial charge in [0, 0.05) is 10.7 Å². The van der Waals surface area contributed by atoms with Crippen LogP contribution in [-0.4, -0.2) is 13.4 Å². The number of hydrogen-bond donors (Lipinski definition) is 1. The quantitative estimate of drug-likeness (QED) is 0.566. The lowest BCUT2D eigenvalue weighted by molar-refractivity contribution is 0.606. The topological polar surface area (TPSA) is 49.9 Å². The average Bonchev–Trinajstić information content (AvgIpc) is 1.86. The fraction of sp³-hybridized carbons (Fsp3) is 0. The second-order valence-electron chi connectivity index (χ2n) is 1.82. The first kappa shape index (κ1) is 8.70. The molecule has 0 amide bonds. The van der Waals surface area contributed by atoms with E-state index in [1.807, 2.05) is 0 Å². The van der Waals surface area contributed by atoms with Crippen LogP contribution in [0, 0.1) is 4.64 Å². The Morgan fingerprint density at radius 3 is 2.45 bits per heavy atom. The Kier molecular flexibility index (Phi) is 2.31. The van der Waals surface area contributed by atoms with Gasteiger partial charge in [0.1, 0.15) is 9.67 Å². The van der Waals surface area contributed by atoms with Gasteiger partial charge in [-0.3, -0.25) is 0 Å². The highest BCUT2D eigenvalue weighted by Crippen LogP contribution is 2.10. The maximum atomic E-state index is 10.7. The van der Waals surface area contributed by atoms with Gasteiger partial charge in [0.2, 0.25) is 0 Å². The van der Waals surface area contributed by atoms with Crippen molar-refractivity contribution in [1.29, 1.82) is 0 Å². The summed E-state index contributed by atoms with van der Waals surface area (Å²) in [6.45, 7) is 0. The number of H-pyrrole nitrogens is 1. The molecular formula is C5H4ClNO2S2. The molecule has 0 fully saturated rings. The van der Waals surface area contributed by atoms with Gasteiger partial charge in [0.25, 0.3) is 9.05 Å². The van der Waals surface area contributed by atoms with Gasteiger partial charge < -0.3 is 4.98 Å². The molecule has 1 aromatic heterocycles. The van der Waals surface area contributed by atoms with Crippen molar-refractivity contribution >= 4 is 32.0 Å². The van der Waals surface area contributed by atoms with Gasteiger partial charge in [-0.2, -0.15) is 0 Å². The number of hydrogen-bond acceptors (Lipinski definition) is 3.